The van der Waals surface area contributed by atoms with Crippen molar-refractivity contribution >= 4 is 0 Å². The molecule has 2 aromatic rings. The molecule has 6 nitrogen and oxygen atoms in total. The second kappa shape index (κ2) is 7.70. The molecule has 1 aromatic carbocycles. The van der Waals surface area contributed by atoms with Crippen LogP contribution >= 0.6 is 0 Å². The first-order chi connectivity index (χ1) is 10.2. The van der Waals surface area contributed by atoms with Crippen molar-refractivity contribution in [2.45, 2.75) is 13.2 Å². The van der Waals surface area contributed by atoms with Crippen molar-refractivity contribution < 1.29 is 13.9 Å². The normalized spacial score (nSPS) is 10.8. The van der Waals surface area contributed by atoms with Gasteiger partial charge in [0.1, 0.15) is 23.9 Å². The van der Waals surface area contributed by atoms with E-state index in [4.69, 9.17) is 9.47 Å². The zero-order valence-electron chi connectivity index (χ0n) is 12.2. The van der Waals surface area contributed by atoms with Gasteiger partial charge in [0, 0.05) is 32.8 Å². The standard InChI is InChI=1S/C14H19FN4O2/c1-19-9-13(17-18-19)10-21-14-4-3-12(15)7-11(14)8-16-5-6-20-2/h3-4,7,9,16H,5-6,8,10H2,1-2H3. The maximum absolute atomic E-state index is 13.4. The van der Waals surface area contributed by atoms with Gasteiger partial charge in [-0.1, -0.05) is 5.21 Å². The van der Waals surface area contributed by atoms with E-state index in [1.54, 1.807) is 31.1 Å². The summed E-state index contributed by atoms with van der Waals surface area (Å²) >= 11 is 0. The third-order valence-corrected chi connectivity index (χ3v) is 2.85. The fourth-order valence-electron chi connectivity index (χ4n) is 1.84. The van der Waals surface area contributed by atoms with Crippen molar-refractivity contribution in [1.29, 1.82) is 0 Å². The van der Waals surface area contributed by atoms with E-state index < -0.39 is 0 Å². The van der Waals surface area contributed by atoms with Crippen LogP contribution in [0.2, 0.25) is 0 Å². The van der Waals surface area contributed by atoms with Gasteiger partial charge in [0.25, 0.3) is 0 Å². The predicted octanol–water partition coefficient (Wildman–Crippen LogP) is 1.27. The highest BCUT2D eigenvalue weighted by Gasteiger charge is 2.07. The molecule has 1 aromatic heterocycles. The fraction of sp³-hybridized carbons (Fsp3) is 0.429. The van der Waals surface area contributed by atoms with E-state index >= 15 is 0 Å². The molecule has 114 valence electrons. The Balaban J connectivity index is 1.97. The predicted molar refractivity (Wildman–Crippen MR) is 75.3 cm³/mol. The molecule has 0 saturated heterocycles. The van der Waals surface area contributed by atoms with Gasteiger partial charge in [-0.3, -0.25) is 4.68 Å². The van der Waals surface area contributed by atoms with E-state index in [0.29, 0.717) is 32.1 Å². The zero-order valence-corrected chi connectivity index (χ0v) is 12.2. The Morgan fingerprint density at radius 1 is 1.38 bits per heavy atom. The van der Waals surface area contributed by atoms with Crippen molar-refractivity contribution in [2.24, 2.45) is 7.05 Å². The van der Waals surface area contributed by atoms with Crippen LogP contribution in [0, 0.1) is 5.82 Å². The average Bonchev–Trinajstić information content (AvgIpc) is 2.88. The molecule has 0 fully saturated rings. The Kier molecular flexibility index (Phi) is 5.65. The number of nitrogens with zero attached hydrogens (tertiary/aromatic N) is 3. The maximum Gasteiger partial charge on any atom is 0.134 e. The van der Waals surface area contributed by atoms with Gasteiger partial charge in [-0.2, -0.15) is 0 Å². The molecule has 1 N–H and O–H groups in total. The molecule has 0 saturated carbocycles. The lowest BCUT2D eigenvalue weighted by Crippen LogP contribution is -2.19. The first-order valence-corrected chi connectivity index (χ1v) is 6.65. The van der Waals surface area contributed by atoms with Crippen LogP contribution in [-0.4, -0.2) is 35.3 Å². The number of aryl methyl sites for hydroxylation is 1. The second-order valence-corrected chi connectivity index (χ2v) is 4.59. The first kappa shape index (κ1) is 15.4. The number of nitrogens with one attached hydrogen (secondary N) is 1. The van der Waals surface area contributed by atoms with Crippen molar-refractivity contribution in [2.75, 3.05) is 20.3 Å². The van der Waals surface area contributed by atoms with Crippen LogP contribution in [0.1, 0.15) is 11.3 Å². The topological polar surface area (TPSA) is 61.2 Å². The van der Waals surface area contributed by atoms with Gasteiger partial charge >= 0.3 is 0 Å². The minimum atomic E-state index is -0.287. The Hall–Kier alpha value is -1.99. The Bertz CT molecular complexity index is 574. The van der Waals surface area contributed by atoms with Crippen LogP contribution in [0.5, 0.6) is 5.75 Å². The van der Waals surface area contributed by atoms with Crippen LogP contribution in [0.4, 0.5) is 4.39 Å². The van der Waals surface area contributed by atoms with Crippen LogP contribution in [0.3, 0.4) is 0 Å². The van der Waals surface area contributed by atoms with Crippen molar-refractivity contribution in [3.63, 3.8) is 0 Å². The molecule has 0 radical (unpaired) electrons. The summed E-state index contributed by atoms with van der Waals surface area (Å²) in [5.41, 5.74) is 1.48. The van der Waals surface area contributed by atoms with Crippen molar-refractivity contribution in [1.82, 2.24) is 20.3 Å². The van der Waals surface area contributed by atoms with E-state index in [9.17, 15) is 4.39 Å². The number of hydrogen-bond donors (Lipinski definition) is 1. The Morgan fingerprint density at radius 2 is 2.24 bits per heavy atom. The highest BCUT2D eigenvalue weighted by atomic mass is 19.1. The summed E-state index contributed by atoms with van der Waals surface area (Å²) in [4.78, 5) is 0. The number of methoxy groups -OCH3 is 1. The van der Waals surface area contributed by atoms with Gasteiger partial charge in [0.15, 0.2) is 0 Å². The lowest BCUT2D eigenvalue weighted by atomic mass is 10.2. The van der Waals surface area contributed by atoms with Crippen LogP contribution in [-0.2, 0) is 24.9 Å². The molecule has 0 spiro atoms. The molecule has 0 bridgehead atoms. The van der Waals surface area contributed by atoms with Gasteiger partial charge < -0.3 is 14.8 Å². The molecule has 0 aliphatic rings. The number of halogens is 1. The number of benzene rings is 1. The summed E-state index contributed by atoms with van der Waals surface area (Å²) in [6.45, 7) is 2.10. The molecular weight excluding hydrogens is 275 g/mol. The summed E-state index contributed by atoms with van der Waals surface area (Å²) in [7, 11) is 3.43. The fourth-order valence-corrected chi connectivity index (χ4v) is 1.84. The highest BCUT2D eigenvalue weighted by molar-refractivity contribution is 5.34. The van der Waals surface area contributed by atoms with Crippen molar-refractivity contribution in [3.05, 3.63) is 41.5 Å². The van der Waals surface area contributed by atoms with E-state index in [2.05, 4.69) is 15.6 Å². The first-order valence-electron chi connectivity index (χ1n) is 6.65. The zero-order chi connectivity index (χ0) is 15.1. The summed E-state index contributed by atoms with van der Waals surface area (Å²) < 4.78 is 25.6. The van der Waals surface area contributed by atoms with E-state index in [0.717, 1.165) is 11.3 Å². The maximum atomic E-state index is 13.4. The third kappa shape index (κ3) is 4.80. The van der Waals surface area contributed by atoms with E-state index in [-0.39, 0.29) is 5.82 Å². The number of aromatic nitrogens is 3. The highest BCUT2D eigenvalue weighted by Crippen LogP contribution is 2.20. The molecule has 0 atom stereocenters. The minimum Gasteiger partial charge on any atom is -0.487 e. The molecule has 0 aliphatic heterocycles. The van der Waals surface area contributed by atoms with Crippen LogP contribution in [0.25, 0.3) is 0 Å². The van der Waals surface area contributed by atoms with Gasteiger partial charge in [-0.15, -0.1) is 5.10 Å². The molecule has 0 amide bonds. The molecule has 7 heteroatoms. The smallest absolute Gasteiger partial charge is 0.134 e. The molecule has 0 aliphatic carbocycles. The van der Waals surface area contributed by atoms with E-state index in [1.165, 1.54) is 12.1 Å². The minimum absolute atomic E-state index is 0.287. The number of rotatable bonds is 8. The largest absolute Gasteiger partial charge is 0.487 e. The number of hydrogen-bond acceptors (Lipinski definition) is 5. The molecule has 1 heterocycles. The van der Waals surface area contributed by atoms with Gasteiger partial charge in [0.05, 0.1) is 12.8 Å². The SMILES string of the molecule is COCCNCc1cc(F)ccc1OCc1cn(C)nn1. The third-order valence-electron chi connectivity index (χ3n) is 2.85. The monoisotopic (exact) mass is 294 g/mol. The molecule has 0 unspecified atom stereocenters. The summed E-state index contributed by atoms with van der Waals surface area (Å²) in [5.74, 6) is 0.345. The summed E-state index contributed by atoms with van der Waals surface area (Å²) in [6, 6.07) is 4.47. The van der Waals surface area contributed by atoms with E-state index in [1.807, 2.05) is 0 Å². The summed E-state index contributed by atoms with van der Waals surface area (Å²) in [5, 5.41) is 11.0. The van der Waals surface area contributed by atoms with Crippen LogP contribution < -0.4 is 10.1 Å². The molecule has 21 heavy (non-hydrogen) atoms. The lowest BCUT2D eigenvalue weighted by Gasteiger charge is -2.11. The number of ether oxygens (including phenoxy) is 2. The van der Waals surface area contributed by atoms with Crippen molar-refractivity contribution in [3.8, 4) is 5.75 Å². The average molecular weight is 294 g/mol. The summed E-state index contributed by atoms with van der Waals surface area (Å²) in [6.07, 6.45) is 1.78. The second-order valence-electron chi connectivity index (χ2n) is 4.59. The Labute approximate surface area is 122 Å². The molecule has 2 rings (SSSR count). The van der Waals surface area contributed by atoms with Crippen LogP contribution in [0.15, 0.2) is 24.4 Å². The quantitative estimate of drug-likeness (QED) is 0.743. The van der Waals surface area contributed by atoms with Gasteiger partial charge in [0.2, 0.25) is 0 Å². The Morgan fingerprint density at radius 3 is 2.95 bits per heavy atom. The lowest BCUT2D eigenvalue weighted by molar-refractivity contribution is 0.199. The van der Waals surface area contributed by atoms with Gasteiger partial charge in [-0.25, -0.2) is 4.39 Å². The van der Waals surface area contributed by atoms with Gasteiger partial charge in [-0.05, 0) is 18.2 Å². The molecular formula is C14H19FN4O2.